The molecule has 0 aromatic rings. The number of hydrogen-bond acceptors (Lipinski definition) is 0. The van der Waals surface area contributed by atoms with E-state index >= 15 is 0 Å². The summed E-state index contributed by atoms with van der Waals surface area (Å²) in [5.41, 5.74) is 0. The maximum Gasteiger partial charge on any atom is 0 e. The zero-order chi connectivity index (χ0) is 7.11. The Morgan fingerprint density at radius 3 is 2.00 bits per heavy atom. The molecule has 0 heterocycles. The predicted octanol–water partition coefficient (Wildman–Crippen LogP) is 3.41. The monoisotopic (exact) mass is 247 g/mol. The predicted molar refractivity (Wildman–Crippen MR) is 54.7 cm³/mol. The van der Waals surface area contributed by atoms with Crippen molar-refractivity contribution in [3.05, 3.63) is 25.5 Å². The summed E-state index contributed by atoms with van der Waals surface area (Å²) in [5, 5.41) is 8.36. The van der Waals surface area contributed by atoms with Crippen LogP contribution in [0.1, 0.15) is 27.2 Å². The molecule has 1 unspecified atom stereocenters. The summed E-state index contributed by atoms with van der Waals surface area (Å²) >= 11 is 0. The molecule has 0 amide bonds. The maximum atomic E-state index is 4.27. The van der Waals surface area contributed by atoms with Gasteiger partial charge in [0.2, 0.25) is 0 Å². The number of rotatable bonds is 5. The van der Waals surface area contributed by atoms with Gasteiger partial charge in [0.05, 0.1) is 0 Å². The summed E-state index contributed by atoms with van der Waals surface area (Å²) < 4.78 is 0. The fourth-order valence-electron chi connectivity index (χ4n) is 0.426. The molecule has 0 bridgehead atoms. The molecule has 0 saturated heterocycles. The first-order valence-electron chi connectivity index (χ1n) is 3.61. The summed E-state index contributed by atoms with van der Waals surface area (Å²) in [7, 11) is 0. The largest absolute Gasteiger partial charge is 0.681 e. The van der Waals surface area contributed by atoms with Gasteiger partial charge in [0.25, 0.3) is 0 Å². The van der Waals surface area contributed by atoms with Crippen LogP contribution in [0.15, 0.2) is 0 Å². The van der Waals surface area contributed by atoms with Crippen molar-refractivity contribution in [1.82, 2.24) is 0 Å². The quantitative estimate of drug-likeness (QED) is 0.526. The van der Waals surface area contributed by atoms with Crippen LogP contribution >= 0.6 is 0 Å². The first kappa shape index (κ1) is 23.1. The van der Waals surface area contributed by atoms with E-state index in [0.717, 1.165) is 13.0 Å². The van der Waals surface area contributed by atoms with Crippen molar-refractivity contribution in [3.8, 4) is 0 Å². The van der Waals surface area contributed by atoms with E-state index in [-0.39, 0.29) is 47.6 Å². The third kappa shape index (κ3) is 17.2. The van der Waals surface area contributed by atoms with Crippen LogP contribution in [0.3, 0.4) is 0 Å². The van der Waals surface area contributed by atoms with E-state index < -0.39 is 0 Å². The molecule has 0 N–H and O–H groups in total. The Kier molecular flexibility index (Phi) is 34.6. The van der Waals surface area contributed by atoms with Crippen molar-refractivity contribution in [2.75, 3.05) is 13.2 Å². The van der Waals surface area contributed by atoms with Gasteiger partial charge >= 0.3 is 0 Å². The van der Waals surface area contributed by atoms with Crippen molar-refractivity contribution in [2.24, 2.45) is 0 Å². The third-order valence-electron chi connectivity index (χ3n) is 1.31. The van der Waals surface area contributed by atoms with Gasteiger partial charge in [-0.15, -0.1) is 6.04 Å². The van der Waals surface area contributed by atoms with Crippen molar-refractivity contribution in [2.45, 2.75) is 33.2 Å². The van der Waals surface area contributed by atoms with E-state index in [1.54, 1.807) is 0 Å². The van der Waals surface area contributed by atoms with Gasteiger partial charge < -0.3 is 25.5 Å². The molecule has 3 heteroatoms. The molecule has 12 heavy (non-hydrogen) atoms. The van der Waals surface area contributed by atoms with Crippen molar-refractivity contribution >= 4 is 0 Å². The Labute approximate surface area is 104 Å². The summed E-state index contributed by atoms with van der Waals surface area (Å²) in [4.78, 5) is 0. The first-order valence-corrected chi connectivity index (χ1v) is 3.61. The Bertz CT molecular complexity index is 60.5. The second-order valence-electron chi connectivity index (χ2n) is 2.12. The standard InChI is InChI=1S/C7H16N2.2CH3.Y/c1-4-7(3)9-6-8-5-2;;;/h7H,4-6H2,1-3H3;2*1H3;/q-2;2*-1;. The molecular formula is C9H22N2Y-4. The van der Waals surface area contributed by atoms with Gasteiger partial charge in [-0.05, 0) is 0 Å². The van der Waals surface area contributed by atoms with E-state index in [1.807, 2.05) is 6.92 Å². The average molecular weight is 247 g/mol. The molecule has 0 aromatic heterocycles. The zero-order valence-electron chi connectivity index (χ0n) is 9.17. The van der Waals surface area contributed by atoms with Crippen molar-refractivity contribution in [3.63, 3.8) is 0 Å². The number of nitrogens with zero attached hydrogens (tertiary/aromatic N) is 2. The fourth-order valence-corrected chi connectivity index (χ4v) is 0.426. The number of hydrogen-bond donors (Lipinski definition) is 0. The normalized spacial score (nSPS) is 10.2. The van der Waals surface area contributed by atoms with E-state index in [4.69, 9.17) is 0 Å². The summed E-state index contributed by atoms with van der Waals surface area (Å²) in [6, 6.07) is 0.486. The molecule has 0 saturated carbocycles. The molecule has 0 aliphatic carbocycles. The van der Waals surface area contributed by atoms with Crippen LogP contribution in [0.4, 0.5) is 0 Å². The summed E-state index contributed by atoms with van der Waals surface area (Å²) in [6.45, 7) is 7.86. The van der Waals surface area contributed by atoms with Crippen LogP contribution in [-0.4, -0.2) is 19.3 Å². The van der Waals surface area contributed by atoms with Crippen LogP contribution in [0.5, 0.6) is 0 Å². The Morgan fingerprint density at radius 1 is 1.17 bits per heavy atom. The van der Waals surface area contributed by atoms with Crippen LogP contribution in [0, 0.1) is 14.9 Å². The van der Waals surface area contributed by atoms with Gasteiger partial charge in [-0.2, -0.15) is 6.54 Å². The Hall–Kier alpha value is 1.02. The molecule has 75 valence electrons. The average Bonchev–Trinajstić information content (AvgIpc) is 1.89. The maximum absolute atomic E-state index is 4.27. The van der Waals surface area contributed by atoms with Crippen molar-refractivity contribution < 1.29 is 32.7 Å². The fraction of sp³-hybridized carbons (Fsp3) is 0.778. The molecule has 0 aliphatic heterocycles. The van der Waals surface area contributed by atoms with Gasteiger partial charge in [-0.3, -0.25) is 6.67 Å². The van der Waals surface area contributed by atoms with Crippen LogP contribution < -0.4 is 0 Å². The molecule has 0 aliphatic rings. The van der Waals surface area contributed by atoms with Crippen LogP contribution in [-0.2, 0) is 32.7 Å². The molecule has 0 fully saturated rings. The van der Waals surface area contributed by atoms with Gasteiger partial charge in [0, 0.05) is 32.7 Å². The zero-order valence-corrected chi connectivity index (χ0v) is 12.0. The molecule has 0 spiro atoms. The van der Waals surface area contributed by atoms with E-state index in [0.29, 0.717) is 12.7 Å². The molecule has 2 nitrogen and oxygen atoms in total. The Balaban J connectivity index is -0.000000107. The minimum atomic E-state index is 0. The van der Waals surface area contributed by atoms with Gasteiger partial charge in [-0.1, -0.05) is 27.2 Å². The van der Waals surface area contributed by atoms with Gasteiger partial charge in [0.15, 0.2) is 0 Å². The molecular weight excluding hydrogens is 225 g/mol. The van der Waals surface area contributed by atoms with Crippen LogP contribution in [0.2, 0.25) is 0 Å². The Morgan fingerprint density at radius 2 is 1.67 bits per heavy atom. The molecule has 0 rings (SSSR count). The summed E-state index contributed by atoms with van der Waals surface area (Å²) in [5.74, 6) is 0. The minimum absolute atomic E-state index is 0. The second-order valence-corrected chi connectivity index (χ2v) is 2.12. The third-order valence-corrected chi connectivity index (χ3v) is 1.31. The minimum Gasteiger partial charge on any atom is -0.681 e. The van der Waals surface area contributed by atoms with Gasteiger partial charge in [0.1, 0.15) is 0 Å². The summed E-state index contributed by atoms with van der Waals surface area (Å²) in [6.07, 6.45) is 1.12. The van der Waals surface area contributed by atoms with E-state index in [9.17, 15) is 0 Å². The van der Waals surface area contributed by atoms with E-state index in [1.165, 1.54) is 0 Å². The van der Waals surface area contributed by atoms with Crippen LogP contribution in [0.25, 0.3) is 10.6 Å². The second kappa shape index (κ2) is 17.9. The molecule has 1 radical (unpaired) electrons. The van der Waals surface area contributed by atoms with Gasteiger partial charge in [-0.25, -0.2) is 0 Å². The van der Waals surface area contributed by atoms with Crippen molar-refractivity contribution in [1.29, 1.82) is 0 Å². The first-order chi connectivity index (χ1) is 4.31. The molecule has 0 aromatic carbocycles. The smallest absolute Gasteiger partial charge is 0 e. The topological polar surface area (TPSA) is 28.2 Å². The van der Waals surface area contributed by atoms with E-state index in [2.05, 4.69) is 24.5 Å². The SMILES string of the molecule is CC[N-]C[N-]C(C)CC.[CH3-].[CH3-].[Y]. The molecule has 1 atom stereocenters.